The number of ether oxygens (including phenoxy) is 1. The summed E-state index contributed by atoms with van der Waals surface area (Å²) in [5.41, 5.74) is 0.378. The van der Waals surface area contributed by atoms with Gasteiger partial charge in [-0.15, -0.1) is 0 Å². The number of carbonyl (C=O) groups is 1. The monoisotopic (exact) mass is 179 g/mol. The molecule has 0 aromatic carbocycles. The molecule has 5 heteroatoms. The van der Waals surface area contributed by atoms with Crippen LogP contribution in [0.3, 0.4) is 0 Å². The lowest BCUT2D eigenvalue weighted by molar-refractivity contribution is -0.128. The van der Waals surface area contributed by atoms with Crippen LogP contribution in [0.1, 0.15) is 5.56 Å². The Morgan fingerprint density at radius 1 is 1.46 bits per heavy atom. The van der Waals surface area contributed by atoms with Crippen LogP contribution in [-0.4, -0.2) is 17.0 Å². The Kier molecular flexibility index (Phi) is 1.45. The molecule has 0 aliphatic carbocycles. The average molecular weight is 179 g/mol. The number of nitrogens with one attached hydrogen (secondary N) is 1. The molecule has 2 rings (SSSR count). The molecule has 1 aromatic heterocycles. The lowest BCUT2D eigenvalue weighted by Crippen LogP contribution is -2.00. The van der Waals surface area contributed by atoms with E-state index in [-0.39, 0.29) is 23.0 Å². The van der Waals surface area contributed by atoms with Crippen molar-refractivity contribution in [2.24, 2.45) is 0 Å². The summed E-state index contributed by atoms with van der Waals surface area (Å²) in [6.45, 7) is 0. The van der Waals surface area contributed by atoms with Crippen LogP contribution in [0.25, 0.3) is 5.57 Å². The lowest BCUT2D eigenvalue weighted by Gasteiger charge is -1.93. The standard InChI is InChI=1S/C8H5NO4/c9-6-3-5(8(11)13-6)4-1-2-12-7(4)10/h1-3,9-10H. The van der Waals surface area contributed by atoms with Gasteiger partial charge in [-0.05, 0) is 6.07 Å². The fraction of sp³-hybridized carbons (Fsp3) is 0. The van der Waals surface area contributed by atoms with Crippen molar-refractivity contribution < 1.29 is 19.1 Å². The molecule has 0 radical (unpaired) electrons. The van der Waals surface area contributed by atoms with Crippen molar-refractivity contribution in [2.75, 3.05) is 0 Å². The summed E-state index contributed by atoms with van der Waals surface area (Å²) in [5.74, 6) is -1.24. The van der Waals surface area contributed by atoms with E-state index in [9.17, 15) is 4.79 Å². The van der Waals surface area contributed by atoms with E-state index >= 15 is 0 Å². The number of hydrogen-bond donors (Lipinski definition) is 2. The summed E-state index contributed by atoms with van der Waals surface area (Å²) in [6, 6.07) is 1.43. The van der Waals surface area contributed by atoms with Crippen molar-refractivity contribution in [2.45, 2.75) is 0 Å². The van der Waals surface area contributed by atoms with Gasteiger partial charge >= 0.3 is 5.97 Å². The van der Waals surface area contributed by atoms with E-state index in [4.69, 9.17) is 10.5 Å². The lowest BCUT2D eigenvalue weighted by atomic mass is 10.1. The van der Waals surface area contributed by atoms with Gasteiger partial charge in [-0.2, -0.15) is 0 Å². The van der Waals surface area contributed by atoms with E-state index in [0.717, 1.165) is 0 Å². The highest BCUT2D eigenvalue weighted by atomic mass is 16.5. The summed E-state index contributed by atoms with van der Waals surface area (Å²) < 4.78 is 9.05. The molecule has 0 unspecified atom stereocenters. The van der Waals surface area contributed by atoms with Gasteiger partial charge in [-0.1, -0.05) is 0 Å². The van der Waals surface area contributed by atoms with Gasteiger partial charge in [-0.3, -0.25) is 5.41 Å². The van der Waals surface area contributed by atoms with Gasteiger partial charge in [0.2, 0.25) is 5.90 Å². The van der Waals surface area contributed by atoms with Crippen LogP contribution >= 0.6 is 0 Å². The number of furan rings is 1. The Morgan fingerprint density at radius 3 is 2.69 bits per heavy atom. The van der Waals surface area contributed by atoms with Gasteiger partial charge in [0.25, 0.3) is 5.95 Å². The summed E-state index contributed by atoms with van der Waals surface area (Å²) in [5, 5.41) is 16.2. The molecule has 13 heavy (non-hydrogen) atoms. The molecular weight excluding hydrogens is 174 g/mol. The fourth-order valence-electron chi connectivity index (χ4n) is 1.07. The SMILES string of the molecule is N=C1C=C(c2ccoc2O)C(=O)O1. The van der Waals surface area contributed by atoms with Crippen molar-refractivity contribution in [3.8, 4) is 5.95 Å². The zero-order valence-electron chi connectivity index (χ0n) is 6.40. The summed E-state index contributed by atoms with van der Waals surface area (Å²) in [4.78, 5) is 11.1. The second-order valence-electron chi connectivity index (χ2n) is 2.45. The van der Waals surface area contributed by atoms with Crippen LogP contribution in [0.2, 0.25) is 0 Å². The first-order valence-electron chi connectivity index (χ1n) is 3.48. The van der Waals surface area contributed by atoms with Crippen LogP contribution in [0.15, 0.2) is 22.8 Å². The van der Waals surface area contributed by atoms with E-state index < -0.39 is 5.97 Å². The number of aromatic hydroxyl groups is 1. The van der Waals surface area contributed by atoms with Gasteiger partial charge in [0, 0.05) is 6.08 Å². The number of carbonyl (C=O) groups excluding carboxylic acids is 1. The van der Waals surface area contributed by atoms with Crippen molar-refractivity contribution in [3.63, 3.8) is 0 Å². The second-order valence-corrected chi connectivity index (χ2v) is 2.45. The molecule has 0 fully saturated rings. The summed E-state index contributed by atoms with van der Waals surface area (Å²) in [6.07, 6.45) is 2.48. The van der Waals surface area contributed by atoms with Crippen LogP contribution in [0.5, 0.6) is 5.95 Å². The molecule has 66 valence electrons. The highest BCUT2D eigenvalue weighted by Crippen LogP contribution is 2.29. The number of rotatable bonds is 1. The normalized spacial score (nSPS) is 15.8. The van der Waals surface area contributed by atoms with E-state index in [1.165, 1.54) is 18.4 Å². The molecule has 0 saturated heterocycles. The molecule has 0 spiro atoms. The molecule has 5 nitrogen and oxygen atoms in total. The average Bonchev–Trinajstić information content (AvgIpc) is 2.58. The van der Waals surface area contributed by atoms with Crippen LogP contribution in [0, 0.1) is 5.41 Å². The zero-order chi connectivity index (χ0) is 9.42. The highest BCUT2D eigenvalue weighted by Gasteiger charge is 2.26. The van der Waals surface area contributed by atoms with E-state index in [0.29, 0.717) is 0 Å². The van der Waals surface area contributed by atoms with Gasteiger partial charge in [0.15, 0.2) is 0 Å². The molecular formula is C8H5NO4. The highest BCUT2D eigenvalue weighted by molar-refractivity contribution is 6.29. The Bertz CT molecular complexity index is 416. The Balaban J connectivity index is 2.48. The largest absolute Gasteiger partial charge is 0.480 e. The van der Waals surface area contributed by atoms with Gasteiger partial charge in [0.05, 0.1) is 17.4 Å². The third-order valence-electron chi connectivity index (χ3n) is 1.63. The summed E-state index contributed by atoms with van der Waals surface area (Å²) in [7, 11) is 0. The Morgan fingerprint density at radius 2 is 2.23 bits per heavy atom. The van der Waals surface area contributed by atoms with E-state index in [1.54, 1.807) is 0 Å². The molecule has 2 N–H and O–H groups in total. The van der Waals surface area contributed by atoms with Gasteiger partial charge < -0.3 is 14.3 Å². The Hall–Kier alpha value is -2.04. The maximum atomic E-state index is 11.1. The van der Waals surface area contributed by atoms with Crippen molar-refractivity contribution in [1.29, 1.82) is 5.41 Å². The van der Waals surface area contributed by atoms with Crippen LogP contribution in [0.4, 0.5) is 0 Å². The Labute approximate surface area is 72.7 Å². The molecule has 0 bridgehead atoms. The maximum Gasteiger partial charge on any atom is 0.345 e. The topological polar surface area (TPSA) is 83.5 Å². The first-order valence-corrected chi connectivity index (χ1v) is 3.48. The third-order valence-corrected chi connectivity index (χ3v) is 1.63. The van der Waals surface area contributed by atoms with Crippen molar-refractivity contribution in [3.05, 3.63) is 24.0 Å². The van der Waals surface area contributed by atoms with E-state index in [1.807, 2.05) is 0 Å². The number of hydrogen-bond acceptors (Lipinski definition) is 5. The molecule has 0 atom stereocenters. The smallest absolute Gasteiger partial charge is 0.345 e. The predicted molar refractivity (Wildman–Crippen MR) is 42.2 cm³/mol. The van der Waals surface area contributed by atoms with Crippen LogP contribution in [-0.2, 0) is 9.53 Å². The van der Waals surface area contributed by atoms with Gasteiger partial charge in [0.1, 0.15) is 0 Å². The molecule has 0 amide bonds. The predicted octanol–water partition coefficient (Wildman–Crippen LogP) is 0.903. The van der Waals surface area contributed by atoms with Gasteiger partial charge in [-0.25, -0.2) is 4.79 Å². The first kappa shape index (κ1) is 7.60. The molecule has 1 aliphatic heterocycles. The molecule has 1 aliphatic rings. The van der Waals surface area contributed by atoms with E-state index in [2.05, 4.69) is 9.15 Å². The molecule has 0 saturated carbocycles. The third kappa shape index (κ3) is 1.10. The zero-order valence-corrected chi connectivity index (χ0v) is 6.40. The minimum atomic E-state index is -0.651. The van der Waals surface area contributed by atoms with Crippen LogP contribution < -0.4 is 0 Å². The van der Waals surface area contributed by atoms with Crippen molar-refractivity contribution in [1.82, 2.24) is 0 Å². The molecule has 2 heterocycles. The molecule has 1 aromatic rings. The minimum absolute atomic E-state index is 0.135. The summed E-state index contributed by atoms with van der Waals surface area (Å²) >= 11 is 0. The minimum Gasteiger partial charge on any atom is -0.480 e. The number of esters is 1. The second kappa shape index (κ2) is 2.48. The fourth-order valence-corrected chi connectivity index (χ4v) is 1.07. The maximum absolute atomic E-state index is 11.1. The number of cyclic esters (lactones) is 1. The first-order chi connectivity index (χ1) is 6.18. The van der Waals surface area contributed by atoms with Crippen molar-refractivity contribution >= 4 is 17.4 Å². The quantitative estimate of drug-likeness (QED) is 0.627.